The van der Waals surface area contributed by atoms with Crippen molar-refractivity contribution in [2.45, 2.75) is 45.8 Å². The topological polar surface area (TPSA) is 147 Å². The lowest BCUT2D eigenvalue weighted by molar-refractivity contribution is 0.0784. The molecule has 0 bridgehead atoms. The van der Waals surface area contributed by atoms with Gasteiger partial charge in [-0.3, -0.25) is 9.59 Å². The van der Waals surface area contributed by atoms with Crippen LogP contribution in [0.4, 0.5) is 5.69 Å². The summed E-state index contributed by atoms with van der Waals surface area (Å²) in [5.41, 5.74) is 3.53. The molecule has 0 aliphatic heterocycles. The zero-order valence-corrected chi connectivity index (χ0v) is 28.0. The monoisotopic (exact) mass is 666 g/mol. The summed E-state index contributed by atoms with van der Waals surface area (Å²) < 4.78 is 34.0. The summed E-state index contributed by atoms with van der Waals surface area (Å²) in [7, 11) is -0.696. The van der Waals surface area contributed by atoms with Crippen LogP contribution >= 0.6 is 11.3 Å². The van der Waals surface area contributed by atoms with Crippen LogP contribution in [0.3, 0.4) is 0 Å². The molecule has 4 aromatic rings. The van der Waals surface area contributed by atoms with Crippen molar-refractivity contribution in [3.05, 3.63) is 99.0 Å². The predicted molar refractivity (Wildman–Crippen MR) is 178 cm³/mol. The van der Waals surface area contributed by atoms with Crippen molar-refractivity contribution in [1.29, 1.82) is 0 Å². The molecule has 1 atom stereocenters. The van der Waals surface area contributed by atoms with E-state index in [-0.39, 0.29) is 35.2 Å². The molecule has 0 radical (unpaired) electrons. The number of aromatic nitrogens is 1. The largest absolute Gasteiger partial charge is 0.506 e. The Kier molecular flexibility index (Phi) is 11.3. The molecule has 3 N–H and O–H groups in total. The normalized spacial score (nSPS) is 11.8. The minimum atomic E-state index is -3.91. The van der Waals surface area contributed by atoms with Gasteiger partial charge in [0.2, 0.25) is 0 Å². The number of benzene rings is 3. The molecule has 1 unspecified atom stereocenters. The summed E-state index contributed by atoms with van der Waals surface area (Å²) in [6, 6.07) is 16.8. The maximum absolute atomic E-state index is 13.3. The average molecular weight is 667 g/mol. The maximum Gasteiger partial charge on any atom is 0.306 e. The van der Waals surface area contributed by atoms with Crippen LogP contribution in [0.15, 0.2) is 66.0 Å². The molecular formula is C33H38N4O7S2. The number of rotatable bonds is 14. The van der Waals surface area contributed by atoms with Crippen LogP contribution in [0.2, 0.25) is 0 Å². The molecule has 46 heavy (non-hydrogen) atoms. The van der Waals surface area contributed by atoms with Crippen molar-refractivity contribution in [1.82, 2.24) is 15.2 Å². The van der Waals surface area contributed by atoms with Gasteiger partial charge in [-0.1, -0.05) is 18.2 Å². The number of amides is 2. The second-order valence-electron chi connectivity index (χ2n) is 11.0. The molecule has 244 valence electrons. The van der Waals surface area contributed by atoms with Crippen LogP contribution in [-0.2, 0) is 29.6 Å². The molecule has 1 heterocycles. The van der Waals surface area contributed by atoms with E-state index in [1.165, 1.54) is 34.4 Å². The second kappa shape index (κ2) is 15.1. The Balaban J connectivity index is 1.38. The fraction of sp³-hybridized carbons (Fsp3) is 0.303. The van der Waals surface area contributed by atoms with Crippen LogP contribution in [0.25, 0.3) is 0 Å². The molecule has 13 heteroatoms. The minimum absolute atomic E-state index is 0.0824. The van der Waals surface area contributed by atoms with Gasteiger partial charge >= 0.3 is 10.1 Å². The van der Waals surface area contributed by atoms with Gasteiger partial charge in [0.1, 0.15) is 22.3 Å². The van der Waals surface area contributed by atoms with Gasteiger partial charge in [0, 0.05) is 41.8 Å². The van der Waals surface area contributed by atoms with Crippen LogP contribution in [0.5, 0.6) is 17.2 Å². The lowest BCUT2D eigenvalue weighted by Gasteiger charge is -2.18. The number of phenolic OH excluding ortho intramolecular Hbond substituents is 1. The van der Waals surface area contributed by atoms with E-state index >= 15 is 0 Å². The van der Waals surface area contributed by atoms with Gasteiger partial charge in [0.05, 0.1) is 25.6 Å². The third kappa shape index (κ3) is 9.94. The number of nitrogens with zero attached hydrogens (tertiary/aromatic N) is 2. The number of thiazole rings is 1. The smallest absolute Gasteiger partial charge is 0.306 e. The molecule has 0 aliphatic rings. The number of hydrogen-bond donors (Lipinski definition) is 3. The Morgan fingerprint density at radius 1 is 1.04 bits per heavy atom. The number of nitrogens with one attached hydrogen (secondary N) is 2. The minimum Gasteiger partial charge on any atom is -0.506 e. The summed E-state index contributed by atoms with van der Waals surface area (Å²) in [4.78, 5) is 32.3. The van der Waals surface area contributed by atoms with E-state index in [0.717, 1.165) is 33.8 Å². The molecule has 0 fully saturated rings. The van der Waals surface area contributed by atoms with Gasteiger partial charge in [-0.2, -0.15) is 8.42 Å². The quantitative estimate of drug-likeness (QED) is 0.123. The molecule has 4 rings (SSSR count). The first kappa shape index (κ1) is 34.3. The zero-order valence-electron chi connectivity index (χ0n) is 26.4. The van der Waals surface area contributed by atoms with Crippen molar-refractivity contribution in [3.8, 4) is 17.2 Å². The Bertz CT molecular complexity index is 1810. The number of phenols is 1. The summed E-state index contributed by atoms with van der Waals surface area (Å²) in [5, 5.41) is 19.4. The van der Waals surface area contributed by atoms with Crippen molar-refractivity contribution in [3.63, 3.8) is 0 Å². The third-order valence-electron chi connectivity index (χ3n) is 6.97. The van der Waals surface area contributed by atoms with E-state index in [0.29, 0.717) is 25.1 Å². The second-order valence-corrected chi connectivity index (χ2v) is 13.6. The number of carbonyl (C=O) groups excluding carboxylic acids is 2. The Hall–Kier alpha value is -4.62. The number of anilines is 1. The van der Waals surface area contributed by atoms with Crippen molar-refractivity contribution in [2.24, 2.45) is 0 Å². The van der Waals surface area contributed by atoms with E-state index in [9.17, 15) is 23.1 Å². The standard InChI is InChI=1S/C33H38N4O7S2/c1-21(9-10-23-11-12-29(30(38)14-23)34-18-24-7-6-8-27(13-24)43-4)36-32(39)25-15-26(17-28(16-25)44-46(5,41)42)33(40)37(3)19-31-35-22(2)20-45-31/h6-8,11-17,20-21,34,38H,9-10,18-19H2,1-5H3,(H,36,39). The number of aryl methyl sites for hydroxylation is 2. The fourth-order valence-electron chi connectivity index (χ4n) is 4.67. The lowest BCUT2D eigenvalue weighted by Crippen LogP contribution is -2.33. The highest BCUT2D eigenvalue weighted by atomic mass is 32.2. The third-order valence-corrected chi connectivity index (χ3v) is 8.42. The summed E-state index contributed by atoms with van der Waals surface area (Å²) in [6.45, 7) is 4.47. The molecular weight excluding hydrogens is 629 g/mol. The predicted octanol–water partition coefficient (Wildman–Crippen LogP) is 5.14. The maximum atomic E-state index is 13.3. The first-order chi connectivity index (χ1) is 21.8. The average Bonchev–Trinajstić information content (AvgIpc) is 3.42. The summed E-state index contributed by atoms with van der Waals surface area (Å²) >= 11 is 1.43. The fourth-order valence-corrected chi connectivity index (χ4v) is 5.94. The molecule has 0 saturated carbocycles. The Morgan fingerprint density at radius 3 is 2.48 bits per heavy atom. The number of aromatic hydroxyl groups is 1. The molecule has 0 aliphatic carbocycles. The van der Waals surface area contributed by atoms with Gasteiger partial charge in [-0.05, 0) is 80.3 Å². The van der Waals surface area contributed by atoms with Crippen molar-refractivity contribution >= 4 is 39.0 Å². The molecule has 0 spiro atoms. The van der Waals surface area contributed by atoms with Crippen molar-refractivity contribution in [2.75, 3.05) is 25.7 Å². The molecule has 11 nitrogen and oxygen atoms in total. The summed E-state index contributed by atoms with van der Waals surface area (Å²) in [5.74, 6) is -0.171. The Morgan fingerprint density at radius 2 is 1.80 bits per heavy atom. The zero-order chi connectivity index (χ0) is 33.4. The molecule has 0 saturated heterocycles. The van der Waals surface area contributed by atoms with Crippen molar-refractivity contribution < 1.29 is 32.0 Å². The van der Waals surface area contributed by atoms with Crippen LogP contribution in [0, 0.1) is 6.92 Å². The first-order valence-electron chi connectivity index (χ1n) is 14.5. The van der Waals surface area contributed by atoms with E-state index in [1.54, 1.807) is 20.2 Å². The SMILES string of the molecule is COc1cccc(CNc2ccc(CCC(C)NC(=O)c3cc(OS(C)(=O)=O)cc(C(=O)N(C)Cc4nc(C)cs4)c3)cc2O)c1. The van der Waals surface area contributed by atoms with E-state index in [4.69, 9.17) is 8.92 Å². The highest BCUT2D eigenvalue weighted by molar-refractivity contribution is 7.86. The number of hydrogen-bond acceptors (Lipinski definition) is 10. The Labute approximate surface area is 273 Å². The van der Waals surface area contributed by atoms with Gasteiger partial charge in [-0.15, -0.1) is 11.3 Å². The highest BCUT2D eigenvalue weighted by Crippen LogP contribution is 2.26. The molecule has 2 amide bonds. The molecule has 3 aromatic carbocycles. The van der Waals surface area contributed by atoms with Gasteiger partial charge < -0.3 is 29.6 Å². The van der Waals surface area contributed by atoms with E-state index in [1.807, 2.05) is 55.6 Å². The van der Waals surface area contributed by atoms with Gasteiger partial charge in [0.25, 0.3) is 11.8 Å². The van der Waals surface area contributed by atoms with Gasteiger partial charge in [0.15, 0.2) is 0 Å². The van der Waals surface area contributed by atoms with Gasteiger partial charge in [-0.25, -0.2) is 4.98 Å². The van der Waals surface area contributed by atoms with E-state index < -0.39 is 21.9 Å². The highest BCUT2D eigenvalue weighted by Gasteiger charge is 2.20. The number of ether oxygens (including phenoxy) is 1. The first-order valence-corrected chi connectivity index (χ1v) is 17.2. The van der Waals surface area contributed by atoms with Crippen LogP contribution in [-0.4, -0.2) is 61.7 Å². The molecule has 1 aromatic heterocycles. The number of carbonyl (C=O) groups is 2. The summed E-state index contributed by atoms with van der Waals surface area (Å²) in [6.07, 6.45) is 2.03. The van der Waals surface area contributed by atoms with Crippen LogP contribution < -0.4 is 19.6 Å². The van der Waals surface area contributed by atoms with Crippen LogP contribution in [0.1, 0.15) is 55.9 Å². The van der Waals surface area contributed by atoms with E-state index in [2.05, 4.69) is 15.6 Å². The lowest BCUT2D eigenvalue weighted by atomic mass is 10.0. The number of methoxy groups -OCH3 is 1.